The van der Waals surface area contributed by atoms with Gasteiger partial charge in [-0.15, -0.1) is 28.7 Å². The molecule has 0 aromatic rings. The molecule has 2 nitrogen and oxygen atoms in total. The lowest BCUT2D eigenvalue weighted by Crippen LogP contribution is -2.23. The Labute approximate surface area is 203 Å². The topological polar surface area (TPSA) is 12.5 Å². The van der Waals surface area contributed by atoms with E-state index in [9.17, 15) is 0 Å². The molecule has 0 bridgehead atoms. The Morgan fingerprint density at radius 2 is 1.20 bits per heavy atom. The molecule has 0 aromatic heterocycles. The fraction of sp³-hybridized carbons (Fsp3) is 1.00. The first-order valence-corrected chi connectivity index (χ1v) is 14.3. The number of halogens is 1. The zero-order valence-corrected chi connectivity index (χ0v) is 22.6. The van der Waals surface area contributed by atoms with Crippen LogP contribution in [0.25, 0.3) is 0 Å². The van der Waals surface area contributed by atoms with Gasteiger partial charge in [-0.3, -0.25) is 0 Å². The fourth-order valence-corrected chi connectivity index (χ4v) is 6.11. The smallest absolute Gasteiger partial charge is 0.103 e. The number of thioether (sulfide) groups is 1. The van der Waals surface area contributed by atoms with E-state index in [0.717, 1.165) is 11.9 Å². The van der Waals surface area contributed by atoms with Crippen LogP contribution in [0.1, 0.15) is 129 Å². The van der Waals surface area contributed by atoms with Crippen LogP contribution in [0.3, 0.4) is 0 Å². The summed E-state index contributed by atoms with van der Waals surface area (Å²) in [5.74, 6) is 0. The summed E-state index contributed by atoms with van der Waals surface area (Å²) in [6.07, 6.45) is 27.2. The van der Waals surface area contributed by atoms with Gasteiger partial charge < -0.3 is 9.64 Å². The molecule has 0 aliphatic carbocycles. The van der Waals surface area contributed by atoms with Crippen LogP contribution in [-0.4, -0.2) is 41.8 Å². The van der Waals surface area contributed by atoms with E-state index in [1.165, 1.54) is 142 Å². The van der Waals surface area contributed by atoms with Crippen molar-refractivity contribution in [3.63, 3.8) is 0 Å². The molecule has 2 heterocycles. The highest BCUT2D eigenvalue weighted by atomic mass is 79.9. The molecule has 2 atom stereocenters. The van der Waals surface area contributed by atoms with Gasteiger partial charge in [0.05, 0.1) is 6.61 Å². The first-order chi connectivity index (χ1) is 14.4. The van der Waals surface area contributed by atoms with Gasteiger partial charge in [0.15, 0.2) is 0 Å². The van der Waals surface area contributed by atoms with Gasteiger partial charge in [-0.05, 0) is 51.7 Å². The van der Waals surface area contributed by atoms with E-state index in [4.69, 9.17) is 4.74 Å². The lowest BCUT2D eigenvalue weighted by Gasteiger charge is -2.16. The van der Waals surface area contributed by atoms with Crippen molar-refractivity contribution >= 4 is 28.7 Å². The molecule has 2 aliphatic rings. The second-order valence-corrected chi connectivity index (χ2v) is 11.1. The Kier molecular flexibility index (Phi) is 19.5. The molecule has 4 heteroatoms. The van der Waals surface area contributed by atoms with E-state index in [1.807, 2.05) is 0 Å². The minimum absolute atomic E-state index is 0. The van der Waals surface area contributed by atoms with Crippen molar-refractivity contribution in [2.45, 2.75) is 140 Å². The summed E-state index contributed by atoms with van der Waals surface area (Å²) in [7, 11) is 0. The molecule has 0 amide bonds. The summed E-state index contributed by atoms with van der Waals surface area (Å²) in [6.45, 7) is 7.27. The maximum Gasteiger partial charge on any atom is 0.103 e. The van der Waals surface area contributed by atoms with E-state index in [-0.39, 0.29) is 17.0 Å². The van der Waals surface area contributed by atoms with Gasteiger partial charge in [-0.2, -0.15) is 0 Å². The molecule has 0 spiro atoms. The van der Waals surface area contributed by atoms with Gasteiger partial charge in [-0.25, -0.2) is 0 Å². The van der Waals surface area contributed by atoms with Gasteiger partial charge in [0.2, 0.25) is 0 Å². The lowest BCUT2D eigenvalue weighted by atomic mass is 10.0. The van der Waals surface area contributed by atoms with E-state index in [1.54, 1.807) is 0 Å². The van der Waals surface area contributed by atoms with Crippen LogP contribution in [0.15, 0.2) is 0 Å². The largest absolute Gasteiger partial charge is 0.366 e. The van der Waals surface area contributed by atoms with Crippen molar-refractivity contribution in [1.29, 1.82) is 0 Å². The van der Waals surface area contributed by atoms with Crippen LogP contribution >= 0.6 is 28.7 Å². The third-order valence-electron chi connectivity index (χ3n) is 6.82. The van der Waals surface area contributed by atoms with Gasteiger partial charge in [0.1, 0.15) is 5.44 Å². The quantitative estimate of drug-likeness (QED) is 0.162. The zero-order chi connectivity index (χ0) is 20.4. The molecule has 0 aromatic carbocycles. The number of ether oxygens (including phenoxy) is 1. The molecule has 2 rings (SSSR count). The summed E-state index contributed by atoms with van der Waals surface area (Å²) < 4.78 is 6.04. The summed E-state index contributed by atoms with van der Waals surface area (Å²) in [5, 5.41) is 0.761. The first-order valence-electron chi connectivity index (χ1n) is 13.4. The van der Waals surface area contributed by atoms with Gasteiger partial charge in [0, 0.05) is 5.25 Å². The number of hydrogen-bond acceptors (Lipinski definition) is 3. The highest BCUT2D eigenvalue weighted by Crippen LogP contribution is 2.33. The molecule has 30 heavy (non-hydrogen) atoms. The molecule has 2 saturated heterocycles. The second-order valence-electron chi connectivity index (χ2n) is 9.60. The maximum atomic E-state index is 6.04. The lowest BCUT2D eigenvalue weighted by molar-refractivity contribution is 0.123. The highest BCUT2D eigenvalue weighted by molar-refractivity contribution is 8.93. The minimum atomic E-state index is 0. The second kappa shape index (κ2) is 20.4. The zero-order valence-electron chi connectivity index (χ0n) is 20.1. The van der Waals surface area contributed by atoms with Gasteiger partial charge in [-0.1, -0.05) is 96.8 Å². The van der Waals surface area contributed by atoms with Crippen LogP contribution < -0.4 is 0 Å². The van der Waals surface area contributed by atoms with Crippen LogP contribution in [-0.2, 0) is 4.74 Å². The number of likely N-dealkylation sites (tertiary alicyclic amines) is 1. The SMILES string of the molecule is Br.CCCCCCCCCCCCCCCCCC1OCC(CCN2CCCC2)S1. The predicted molar refractivity (Wildman–Crippen MR) is 141 cm³/mol. The summed E-state index contributed by atoms with van der Waals surface area (Å²) in [4.78, 5) is 2.64. The summed E-state index contributed by atoms with van der Waals surface area (Å²) >= 11 is 2.13. The molecule has 2 unspecified atom stereocenters. The highest BCUT2D eigenvalue weighted by Gasteiger charge is 2.26. The van der Waals surface area contributed by atoms with Crippen molar-refractivity contribution in [3.05, 3.63) is 0 Å². The molecule has 2 aliphatic heterocycles. The summed E-state index contributed by atoms with van der Waals surface area (Å²) in [5.41, 5.74) is 0.501. The number of rotatable bonds is 19. The average molecular weight is 507 g/mol. The maximum absolute atomic E-state index is 6.04. The molecular formula is C26H52BrNOS. The summed E-state index contributed by atoms with van der Waals surface area (Å²) in [6, 6.07) is 0. The molecule has 0 N–H and O–H groups in total. The standard InChI is InChI=1S/C26H51NOS.BrH/c1-2-3-4-5-6-7-8-9-10-11-12-13-14-15-16-19-26-28-24-25(29-26)20-23-27-21-17-18-22-27;/h25-26H,2-24H2,1H3;1H. The molecule has 180 valence electrons. The van der Waals surface area contributed by atoms with Crippen LogP contribution in [0.5, 0.6) is 0 Å². The Bertz CT molecular complexity index is 365. The average Bonchev–Trinajstić information content (AvgIpc) is 3.41. The minimum Gasteiger partial charge on any atom is -0.366 e. The Morgan fingerprint density at radius 1 is 0.700 bits per heavy atom. The van der Waals surface area contributed by atoms with Crippen LogP contribution in [0.4, 0.5) is 0 Å². The van der Waals surface area contributed by atoms with E-state index in [2.05, 4.69) is 23.6 Å². The van der Waals surface area contributed by atoms with Gasteiger partial charge in [0.25, 0.3) is 0 Å². The molecule has 0 saturated carbocycles. The predicted octanol–water partition coefficient (Wildman–Crippen LogP) is 8.77. The van der Waals surface area contributed by atoms with Crippen molar-refractivity contribution < 1.29 is 4.74 Å². The Morgan fingerprint density at radius 3 is 1.73 bits per heavy atom. The number of hydrogen-bond donors (Lipinski definition) is 0. The Hall–Kier alpha value is 0.750. The van der Waals surface area contributed by atoms with Crippen molar-refractivity contribution in [2.24, 2.45) is 0 Å². The van der Waals surface area contributed by atoms with Crippen molar-refractivity contribution in [1.82, 2.24) is 4.90 Å². The first kappa shape index (κ1) is 28.8. The van der Waals surface area contributed by atoms with E-state index < -0.39 is 0 Å². The third kappa shape index (κ3) is 14.7. The third-order valence-corrected chi connectivity index (χ3v) is 8.25. The van der Waals surface area contributed by atoms with E-state index in [0.29, 0.717) is 5.44 Å². The molecule has 2 fully saturated rings. The normalized spacial score (nSPS) is 21.9. The van der Waals surface area contributed by atoms with Gasteiger partial charge >= 0.3 is 0 Å². The molecule has 0 radical (unpaired) electrons. The van der Waals surface area contributed by atoms with Crippen molar-refractivity contribution in [2.75, 3.05) is 26.2 Å². The number of nitrogens with zero attached hydrogens (tertiary/aromatic N) is 1. The van der Waals surface area contributed by atoms with Crippen LogP contribution in [0, 0.1) is 0 Å². The monoisotopic (exact) mass is 505 g/mol. The number of unbranched alkanes of at least 4 members (excludes halogenated alkanes) is 14. The van der Waals surface area contributed by atoms with Crippen molar-refractivity contribution in [3.8, 4) is 0 Å². The van der Waals surface area contributed by atoms with Crippen LogP contribution in [0.2, 0.25) is 0 Å². The Balaban J connectivity index is 0.00000450. The molecular weight excluding hydrogens is 454 g/mol. The fourth-order valence-electron chi connectivity index (χ4n) is 4.83. The van der Waals surface area contributed by atoms with E-state index >= 15 is 0 Å².